The Labute approximate surface area is 126 Å². The van der Waals surface area contributed by atoms with Gasteiger partial charge in [-0.2, -0.15) is 0 Å². The van der Waals surface area contributed by atoms with Crippen LogP contribution in [0.2, 0.25) is 0 Å². The molecular weight excluding hydrogens is 286 g/mol. The molecule has 1 aliphatic rings. The maximum Gasteiger partial charge on any atom is 0.366 e. The number of carbonyl (C=O) groups is 1. The number of nitro groups is 1. The molecule has 8 nitrogen and oxygen atoms in total. The Morgan fingerprint density at radius 1 is 1.27 bits per heavy atom. The van der Waals surface area contributed by atoms with Crippen LogP contribution in [0.4, 0.5) is 23.1 Å². The second-order valence-corrected chi connectivity index (χ2v) is 4.75. The van der Waals surface area contributed by atoms with Crippen LogP contribution in [-0.2, 0) is 0 Å². The monoisotopic (exact) mass is 299 g/mol. The van der Waals surface area contributed by atoms with E-state index in [0.29, 0.717) is 29.4 Å². The lowest BCUT2D eigenvalue weighted by Crippen LogP contribution is -2.25. The number of anilines is 3. The van der Waals surface area contributed by atoms with E-state index in [1.54, 1.807) is 30.3 Å². The normalized spacial score (nSPS) is 13.5. The first-order valence-corrected chi connectivity index (χ1v) is 6.70. The van der Waals surface area contributed by atoms with Crippen LogP contribution < -0.4 is 9.80 Å². The van der Waals surface area contributed by atoms with Gasteiger partial charge in [0, 0.05) is 25.9 Å². The topological polar surface area (TPSA) is 92.5 Å². The molecule has 2 aromatic rings. The predicted molar refractivity (Wildman–Crippen MR) is 80.5 cm³/mol. The third-order valence-corrected chi connectivity index (χ3v) is 3.54. The van der Waals surface area contributed by atoms with Gasteiger partial charge in [-0.25, -0.2) is 4.98 Å². The van der Waals surface area contributed by atoms with Gasteiger partial charge in [-0.15, -0.1) is 0 Å². The number of pyridine rings is 2. The average Bonchev–Trinajstić information content (AvgIpc) is 2.62. The smallest absolute Gasteiger partial charge is 0.358 e. The van der Waals surface area contributed by atoms with Gasteiger partial charge >= 0.3 is 5.82 Å². The number of fused-ring (bicyclic) bond motifs is 2. The second-order valence-electron chi connectivity index (χ2n) is 4.75. The van der Waals surface area contributed by atoms with Gasteiger partial charge < -0.3 is 15.0 Å². The fourth-order valence-corrected chi connectivity index (χ4v) is 2.46. The molecule has 0 aliphatic carbocycles. The van der Waals surface area contributed by atoms with Crippen LogP contribution in [0.1, 0.15) is 17.3 Å². The number of hydrogen-bond donors (Lipinski definition) is 0. The fraction of sp³-hybridized carbons (Fsp3) is 0.214. The summed E-state index contributed by atoms with van der Waals surface area (Å²) in [6.45, 7) is 2.35. The number of rotatable bonds is 2. The number of nitrogens with zero attached hydrogens (tertiary/aromatic N) is 5. The molecule has 0 unspecified atom stereocenters. The van der Waals surface area contributed by atoms with E-state index in [1.165, 1.54) is 17.0 Å². The highest BCUT2D eigenvalue weighted by molar-refractivity contribution is 6.12. The molecule has 0 saturated heterocycles. The Morgan fingerprint density at radius 3 is 2.73 bits per heavy atom. The molecule has 0 aromatic carbocycles. The van der Waals surface area contributed by atoms with E-state index < -0.39 is 4.92 Å². The summed E-state index contributed by atoms with van der Waals surface area (Å²) in [6.07, 6.45) is 1.58. The second kappa shape index (κ2) is 5.06. The summed E-state index contributed by atoms with van der Waals surface area (Å²) in [7, 11) is 1.62. The number of aromatic nitrogens is 2. The van der Waals surface area contributed by atoms with Gasteiger partial charge in [0.2, 0.25) is 0 Å². The van der Waals surface area contributed by atoms with Crippen LogP contribution in [0.5, 0.6) is 0 Å². The third kappa shape index (κ3) is 1.96. The van der Waals surface area contributed by atoms with Crippen molar-refractivity contribution in [3.63, 3.8) is 0 Å². The summed E-state index contributed by atoms with van der Waals surface area (Å²) in [6, 6.07) is 6.20. The number of carbonyl (C=O) groups excluding carboxylic acids is 1. The van der Waals surface area contributed by atoms with Crippen LogP contribution in [-0.4, -0.2) is 34.4 Å². The standard InChI is InChI=1S/C14H13N5O3/c1-3-18-12-9(5-4-8-15-12)14(20)17(2)10-6-7-11(19(21)22)16-13(10)18/h4-8H,3H2,1-2H3. The Kier molecular flexibility index (Phi) is 3.21. The van der Waals surface area contributed by atoms with Crippen molar-refractivity contribution >= 4 is 29.0 Å². The highest BCUT2D eigenvalue weighted by Gasteiger charge is 2.33. The molecule has 0 N–H and O–H groups in total. The van der Waals surface area contributed by atoms with E-state index in [0.717, 1.165) is 0 Å². The highest BCUT2D eigenvalue weighted by atomic mass is 16.6. The summed E-state index contributed by atoms with van der Waals surface area (Å²) < 4.78 is 0. The molecule has 0 atom stereocenters. The summed E-state index contributed by atoms with van der Waals surface area (Å²) in [4.78, 5) is 34.5. The first-order chi connectivity index (χ1) is 10.5. The minimum absolute atomic E-state index is 0.226. The van der Waals surface area contributed by atoms with Crippen molar-refractivity contribution in [2.24, 2.45) is 0 Å². The van der Waals surface area contributed by atoms with Crippen LogP contribution in [0.15, 0.2) is 30.5 Å². The van der Waals surface area contributed by atoms with Crippen LogP contribution in [0.25, 0.3) is 0 Å². The molecule has 0 saturated carbocycles. The van der Waals surface area contributed by atoms with E-state index in [4.69, 9.17) is 0 Å². The molecule has 0 spiro atoms. The lowest BCUT2D eigenvalue weighted by molar-refractivity contribution is -0.389. The zero-order valence-electron chi connectivity index (χ0n) is 12.1. The van der Waals surface area contributed by atoms with Crippen LogP contribution >= 0.6 is 0 Å². The van der Waals surface area contributed by atoms with Gasteiger partial charge in [-0.05, 0) is 35.0 Å². The van der Waals surface area contributed by atoms with Crippen molar-refractivity contribution in [1.82, 2.24) is 9.97 Å². The summed E-state index contributed by atoms with van der Waals surface area (Å²) >= 11 is 0. The average molecular weight is 299 g/mol. The molecule has 3 heterocycles. The van der Waals surface area contributed by atoms with Gasteiger partial charge in [-0.3, -0.25) is 9.69 Å². The highest BCUT2D eigenvalue weighted by Crippen LogP contribution is 2.38. The maximum atomic E-state index is 12.6. The number of hydrogen-bond acceptors (Lipinski definition) is 6. The zero-order chi connectivity index (χ0) is 15.9. The first kappa shape index (κ1) is 13.9. The van der Waals surface area contributed by atoms with Gasteiger partial charge in [0.05, 0.1) is 5.56 Å². The first-order valence-electron chi connectivity index (χ1n) is 6.70. The van der Waals surface area contributed by atoms with E-state index in [2.05, 4.69) is 9.97 Å². The van der Waals surface area contributed by atoms with Crippen molar-refractivity contribution < 1.29 is 9.72 Å². The van der Waals surface area contributed by atoms with Crippen molar-refractivity contribution in [2.75, 3.05) is 23.4 Å². The van der Waals surface area contributed by atoms with Gasteiger partial charge in [0.15, 0.2) is 0 Å². The molecule has 0 bridgehead atoms. The fourth-order valence-electron chi connectivity index (χ4n) is 2.46. The Bertz CT molecular complexity index is 777. The molecule has 0 radical (unpaired) electrons. The van der Waals surface area contributed by atoms with Crippen molar-refractivity contribution in [1.29, 1.82) is 0 Å². The van der Waals surface area contributed by atoms with Crippen LogP contribution in [0.3, 0.4) is 0 Å². The minimum Gasteiger partial charge on any atom is -0.358 e. The summed E-state index contributed by atoms with van der Waals surface area (Å²) in [5.74, 6) is 0.312. The lowest BCUT2D eigenvalue weighted by atomic mass is 10.2. The molecule has 2 aromatic heterocycles. The molecule has 3 rings (SSSR count). The summed E-state index contributed by atoms with van der Waals surface area (Å²) in [5, 5.41) is 11.0. The Balaban J connectivity index is 2.30. The van der Waals surface area contributed by atoms with E-state index >= 15 is 0 Å². The molecule has 112 valence electrons. The largest absolute Gasteiger partial charge is 0.366 e. The Hall–Kier alpha value is -3.03. The Morgan fingerprint density at radius 2 is 2.05 bits per heavy atom. The minimum atomic E-state index is -0.555. The predicted octanol–water partition coefficient (Wildman–Crippen LogP) is 2.13. The van der Waals surface area contributed by atoms with E-state index in [9.17, 15) is 14.9 Å². The number of amides is 1. The van der Waals surface area contributed by atoms with Gasteiger partial charge in [0.1, 0.15) is 11.5 Å². The molecule has 1 amide bonds. The third-order valence-electron chi connectivity index (χ3n) is 3.54. The van der Waals surface area contributed by atoms with Crippen molar-refractivity contribution in [3.05, 3.63) is 46.1 Å². The van der Waals surface area contributed by atoms with Gasteiger partial charge in [0.25, 0.3) is 11.7 Å². The molecule has 0 fully saturated rings. The lowest BCUT2D eigenvalue weighted by Gasteiger charge is -2.19. The molecule has 1 aliphatic heterocycles. The maximum absolute atomic E-state index is 12.6. The molecular formula is C14H13N5O3. The quantitative estimate of drug-likeness (QED) is 0.623. The van der Waals surface area contributed by atoms with E-state index in [-0.39, 0.29) is 11.7 Å². The SMILES string of the molecule is CCN1c2ncccc2C(=O)N(C)c2ccc([N+](=O)[O-])nc21. The van der Waals surface area contributed by atoms with Crippen molar-refractivity contribution in [3.8, 4) is 0 Å². The van der Waals surface area contributed by atoms with E-state index in [1.807, 2.05) is 6.92 Å². The molecule has 22 heavy (non-hydrogen) atoms. The van der Waals surface area contributed by atoms with Crippen LogP contribution in [0, 0.1) is 10.1 Å². The summed E-state index contributed by atoms with van der Waals surface area (Å²) in [5.41, 5.74) is 0.947. The van der Waals surface area contributed by atoms with Crippen molar-refractivity contribution in [2.45, 2.75) is 6.92 Å². The molecule has 8 heteroatoms. The zero-order valence-corrected chi connectivity index (χ0v) is 12.1. The van der Waals surface area contributed by atoms with Gasteiger partial charge in [-0.1, -0.05) is 0 Å².